The lowest BCUT2D eigenvalue weighted by Crippen LogP contribution is -2.67. The standard InChI is InChI=1S/C23H42O5/c1-5-6-7-8-9-10-15-26-20-17(3)19-12-11-16(2)18-13-14-22(4,24)28-21(27-20)23(18,19)25/h16-21,24-25H,5-15H2,1-4H3/t16-,17-,18?,19?,20?,21-,22+,23-/m1/s1. The van der Waals surface area contributed by atoms with Gasteiger partial charge in [0.2, 0.25) is 0 Å². The molecule has 0 aromatic rings. The lowest BCUT2D eigenvalue weighted by Gasteiger charge is -2.57. The van der Waals surface area contributed by atoms with Gasteiger partial charge in [-0.15, -0.1) is 0 Å². The first-order valence-electron chi connectivity index (χ1n) is 11.7. The summed E-state index contributed by atoms with van der Waals surface area (Å²) >= 11 is 0. The second-order valence-electron chi connectivity index (χ2n) is 9.82. The van der Waals surface area contributed by atoms with Gasteiger partial charge in [0, 0.05) is 24.9 Å². The average Bonchev–Trinajstić information content (AvgIpc) is 2.73. The van der Waals surface area contributed by atoms with Gasteiger partial charge >= 0.3 is 0 Å². The molecule has 3 rings (SSSR count). The number of hydrogen-bond acceptors (Lipinski definition) is 5. The van der Waals surface area contributed by atoms with Crippen LogP contribution in [0.4, 0.5) is 0 Å². The normalized spacial score (nSPS) is 46.1. The van der Waals surface area contributed by atoms with E-state index in [2.05, 4.69) is 20.8 Å². The Labute approximate surface area is 171 Å². The lowest BCUT2D eigenvalue weighted by molar-refractivity contribution is -0.408. The summed E-state index contributed by atoms with van der Waals surface area (Å²) in [5, 5.41) is 22.4. The fraction of sp³-hybridized carbons (Fsp3) is 1.00. The van der Waals surface area contributed by atoms with Crippen molar-refractivity contribution in [3.8, 4) is 0 Å². The van der Waals surface area contributed by atoms with Gasteiger partial charge in [0.1, 0.15) is 5.60 Å². The zero-order chi connectivity index (χ0) is 20.4. The fourth-order valence-electron chi connectivity index (χ4n) is 5.81. The van der Waals surface area contributed by atoms with Crippen LogP contribution in [0.5, 0.6) is 0 Å². The third kappa shape index (κ3) is 4.59. The largest absolute Gasteiger partial charge is 0.384 e. The molecule has 0 bridgehead atoms. The van der Waals surface area contributed by atoms with Gasteiger partial charge in [0.25, 0.3) is 0 Å². The lowest BCUT2D eigenvalue weighted by atomic mass is 9.58. The smallest absolute Gasteiger partial charge is 0.193 e. The summed E-state index contributed by atoms with van der Waals surface area (Å²) < 4.78 is 18.3. The Kier molecular flexibility index (Phi) is 7.47. The summed E-state index contributed by atoms with van der Waals surface area (Å²) in [6.45, 7) is 8.94. The van der Waals surface area contributed by atoms with E-state index in [9.17, 15) is 10.2 Å². The molecule has 0 radical (unpaired) electrons. The number of aliphatic hydroxyl groups is 2. The molecule has 0 amide bonds. The van der Waals surface area contributed by atoms with Crippen molar-refractivity contribution in [2.75, 3.05) is 6.61 Å². The molecule has 2 aliphatic heterocycles. The van der Waals surface area contributed by atoms with Crippen LogP contribution < -0.4 is 0 Å². The predicted molar refractivity (Wildman–Crippen MR) is 108 cm³/mol. The molecule has 2 saturated heterocycles. The first-order valence-corrected chi connectivity index (χ1v) is 11.7. The molecular formula is C23H42O5. The second-order valence-corrected chi connectivity index (χ2v) is 9.82. The van der Waals surface area contributed by atoms with Crippen LogP contribution in [-0.2, 0) is 14.2 Å². The number of unbranched alkanes of at least 4 members (excludes halogenated alkanes) is 5. The molecule has 1 aliphatic carbocycles. The molecule has 3 aliphatic rings. The van der Waals surface area contributed by atoms with Crippen LogP contribution in [0.25, 0.3) is 0 Å². The first kappa shape index (κ1) is 22.5. The zero-order valence-corrected chi connectivity index (χ0v) is 18.4. The molecule has 3 unspecified atom stereocenters. The molecule has 3 fully saturated rings. The van der Waals surface area contributed by atoms with E-state index in [1.165, 1.54) is 32.1 Å². The summed E-state index contributed by atoms with van der Waals surface area (Å²) in [5.74, 6) is -0.587. The molecule has 2 heterocycles. The van der Waals surface area contributed by atoms with Gasteiger partial charge in [-0.05, 0) is 44.4 Å². The topological polar surface area (TPSA) is 68.2 Å². The van der Waals surface area contributed by atoms with Crippen molar-refractivity contribution in [3.63, 3.8) is 0 Å². The van der Waals surface area contributed by atoms with Crippen LogP contribution in [0.3, 0.4) is 0 Å². The van der Waals surface area contributed by atoms with Crippen molar-refractivity contribution in [1.29, 1.82) is 0 Å². The summed E-state index contributed by atoms with van der Waals surface area (Å²) in [6.07, 6.45) is 9.48. The van der Waals surface area contributed by atoms with E-state index in [4.69, 9.17) is 14.2 Å². The average molecular weight is 399 g/mol. The summed E-state index contributed by atoms with van der Waals surface area (Å²) in [6, 6.07) is 0. The molecule has 164 valence electrons. The Bertz CT molecular complexity index is 495. The number of rotatable bonds is 8. The number of ether oxygens (including phenoxy) is 3. The Hall–Kier alpha value is -0.200. The molecule has 0 spiro atoms. The summed E-state index contributed by atoms with van der Waals surface area (Å²) in [5.41, 5.74) is -1.04. The molecule has 28 heavy (non-hydrogen) atoms. The highest BCUT2D eigenvalue weighted by Crippen LogP contribution is 2.55. The van der Waals surface area contributed by atoms with Crippen molar-refractivity contribution in [3.05, 3.63) is 0 Å². The van der Waals surface area contributed by atoms with E-state index in [0.29, 0.717) is 18.9 Å². The van der Waals surface area contributed by atoms with Crippen LogP contribution in [0.15, 0.2) is 0 Å². The molecule has 1 saturated carbocycles. The molecular weight excluding hydrogens is 356 g/mol. The van der Waals surface area contributed by atoms with Crippen molar-refractivity contribution >= 4 is 0 Å². The van der Waals surface area contributed by atoms with E-state index < -0.39 is 17.7 Å². The Morgan fingerprint density at radius 1 is 0.964 bits per heavy atom. The van der Waals surface area contributed by atoms with Crippen molar-refractivity contribution in [2.24, 2.45) is 23.7 Å². The van der Waals surface area contributed by atoms with Gasteiger partial charge in [0.15, 0.2) is 18.4 Å². The first-order chi connectivity index (χ1) is 13.3. The van der Waals surface area contributed by atoms with Crippen molar-refractivity contribution < 1.29 is 24.4 Å². The van der Waals surface area contributed by atoms with Crippen LogP contribution in [0, 0.1) is 23.7 Å². The van der Waals surface area contributed by atoms with Crippen LogP contribution in [-0.4, -0.2) is 40.8 Å². The Balaban J connectivity index is 1.64. The minimum Gasteiger partial charge on any atom is -0.384 e. The molecule has 2 N–H and O–H groups in total. The second kappa shape index (κ2) is 9.30. The Morgan fingerprint density at radius 2 is 1.68 bits per heavy atom. The third-order valence-electron chi connectivity index (χ3n) is 7.57. The van der Waals surface area contributed by atoms with E-state index >= 15 is 0 Å². The van der Waals surface area contributed by atoms with Crippen LogP contribution in [0.2, 0.25) is 0 Å². The highest BCUT2D eigenvalue weighted by atomic mass is 16.8. The SMILES string of the molecule is CCCCCCCCOC1O[C@@H]2O[C@](C)(O)CCC3[C@H](C)CCC([C@H]1C)[C@]32O. The van der Waals surface area contributed by atoms with E-state index in [0.717, 1.165) is 25.7 Å². The van der Waals surface area contributed by atoms with E-state index in [1.54, 1.807) is 6.92 Å². The minimum atomic E-state index is -1.27. The maximum absolute atomic E-state index is 11.8. The quantitative estimate of drug-likeness (QED) is 0.585. The minimum absolute atomic E-state index is 0.0795. The fourth-order valence-corrected chi connectivity index (χ4v) is 5.81. The van der Waals surface area contributed by atoms with Gasteiger partial charge in [0.05, 0.1) is 0 Å². The van der Waals surface area contributed by atoms with Gasteiger partial charge in [-0.2, -0.15) is 0 Å². The van der Waals surface area contributed by atoms with Crippen molar-refractivity contribution in [1.82, 2.24) is 0 Å². The van der Waals surface area contributed by atoms with Crippen LogP contribution >= 0.6 is 0 Å². The van der Waals surface area contributed by atoms with Gasteiger partial charge in [-0.25, -0.2) is 0 Å². The molecule has 5 nitrogen and oxygen atoms in total. The maximum Gasteiger partial charge on any atom is 0.193 e. The van der Waals surface area contributed by atoms with E-state index in [1.807, 2.05) is 0 Å². The monoisotopic (exact) mass is 398 g/mol. The van der Waals surface area contributed by atoms with Gasteiger partial charge in [-0.3, -0.25) is 0 Å². The molecule has 0 aromatic carbocycles. The highest BCUT2D eigenvalue weighted by Gasteiger charge is 2.63. The summed E-state index contributed by atoms with van der Waals surface area (Å²) in [7, 11) is 0. The number of hydrogen-bond donors (Lipinski definition) is 2. The van der Waals surface area contributed by atoms with E-state index in [-0.39, 0.29) is 24.0 Å². The van der Waals surface area contributed by atoms with Crippen molar-refractivity contribution in [2.45, 2.75) is 116 Å². The molecule has 5 heteroatoms. The Morgan fingerprint density at radius 3 is 2.43 bits per heavy atom. The van der Waals surface area contributed by atoms with Crippen LogP contribution in [0.1, 0.15) is 91.9 Å². The molecule has 0 aromatic heterocycles. The zero-order valence-electron chi connectivity index (χ0n) is 18.4. The predicted octanol–water partition coefficient (Wildman–Crippen LogP) is 4.59. The summed E-state index contributed by atoms with van der Waals surface area (Å²) in [4.78, 5) is 0. The van der Waals surface area contributed by atoms with Gasteiger partial charge in [-0.1, -0.05) is 52.9 Å². The molecule has 8 atom stereocenters. The van der Waals surface area contributed by atoms with Gasteiger partial charge < -0.3 is 24.4 Å². The third-order valence-corrected chi connectivity index (χ3v) is 7.57. The maximum atomic E-state index is 11.8. The highest BCUT2D eigenvalue weighted by molar-refractivity contribution is 5.06.